The minimum Gasteiger partial charge on any atom is -0.508 e. The summed E-state index contributed by atoms with van der Waals surface area (Å²) in [7, 11) is -1.36. The van der Waals surface area contributed by atoms with Crippen LogP contribution in [0.4, 0.5) is 0 Å². The Kier molecular flexibility index (Phi) is 3.72. The van der Waals surface area contributed by atoms with Gasteiger partial charge in [-0.05, 0) is 67.6 Å². The first-order valence-corrected chi connectivity index (χ1v) is 11.7. The number of benzene rings is 1. The summed E-state index contributed by atoms with van der Waals surface area (Å²) in [5.74, 6) is 0.0103. The number of likely N-dealkylation sites (N-methyl/N-ethyl adjacent to an activating group) is 1. The highest BCUT2D eigenvalue weighted by Gasteiger charge is 2.56. The molecule has 148 valence electrons. The number of likely N-dealkylation sites (tertiary alicyclic amines) is 1. The van der Waals surface area contributed by atoms with Crippen molar-refractivity contribution < 1.29 is 18.3 Å². The van der Waals surface area contributed by atoms with E-state index in [1.54, 1.807) is 12.1 Å². The van der Waals surface area contributed by atoms with Crippen LogP contribution in [0, 0.1) is 5.92 Å². The number of dihydropyridines is 1. The molecule has 1 saturated heterocycles. The van der Waals surface area contributed by atoms with Crippen molar-refractivity contribution >= 4 is 21.5 Å². The number of hydrogen-bond donors (Lipinski definition) is 1. The SMILES string of the molecule is CN1CC[C@]23CC4=NC(=O)C(S(C)(=O)=O)C=C4C[C@H]2[C@H]1Cc1ccc(O)cc13. The Bertz CT molecular complexity index is 1060. The monoisotopic (exact) mass is 400 g/mol. The molecule has 1 amide bonds. The van der Waals surface area contributed by atoms with Gasteiger partial charge < -0.3 is 10.0 Å². The van der Waals surface area contributed by atoms with Crippen LogP contribution in [0.2, 0.25) is 0 Å². The number of amides is 1. The molecule has 0 radical (unpaired) electrons. The van der Waals surface area contributed by atoms with Gasteiger partial charge in [-0.1, -0.05) is 12.1 Å². The van der Waals surface area contributed by atoms with E-state index in [1.165, 1.54) is 11.1 Å². The topological polar surface area (TPSA) is 87.0 Å². The summed E-state index contributed by atoms with van der Waals surface area (Å²) in [5, 5.41) is 9.00. The highest BCUT2D eigenvalue weighted by Crippen LogP contribution is 2.56. The maximum absolute atomic E-state index is 12.4. The molecule has 1 N–H and O–H groups in total. The Balaban J connectivity index is 1.65. The molecule has 4 aliphatic rings. The second-order valence-electron chi connectivity index (χ2n) is 8.83. The van der Waals surface area contributed by atoms with E-state index in [-0.39, 0.29) is 11.2 Å². The highest BCUT2D eigenvalue weighted by molar-refractivity contribution is 7.92. The van der Waals surface area contributed by atoms with Crippen LogP contribution in [0.3, 0.4) is 0 Å². The molecular formula is C21H24N2O4S. The Morgan fingerprint density at radius 1 is 1.29 bits per heavy atom. The third kappa shape index (κ3) is 2.45. The number of phenolic OH excluding ortho intramolecular Hbond substituents is 1. The number of aliphatic imine (C=N–C) groups is 1. The van der Waals surface area contributed by atoms with Gasteiger partial charge in [0, 0.05) is 29.8 Å². The van der Waals surface area contributed by atoms with Gasteiger partial charge in [0.05, 0.1) is 0 Å². The quantitative estimate of drug-likeness (QED) is 0.774. The first kappa shape index (κ1) is 18.1. The number of sulfone groups is 1. The number of phenols is 1. The largest absolute Gasteiger partial charge is 0.508 e. The first-order valence-electron chi connectivity index (χ1n) is 9.73. The van der Waals surface area contributed by atoms with Crippen LogP contribution in [0.15, 0.2) is 34.8 Å². The molecule has 2 aliphatic heterocycles. The van der Waals surface area contributed by atoms with Crippen LogP contribution < -0.4 is 0 Å². The molecule has 1 aromatic carbocycles. The average Bonchev–Trinajstić information content (AvgIpc) is 2.62. The molecule has 4 atom stereocenters. The van der Waals surface area contributed by atoms with E-state index in [1.807, 2.05) is 12.1 Å². The Labute approximate surface area is 164 Å². The fourth-order valence-corrected chi connectivity index (χ4v) is 6.74. The molecular weight excluding hydrogens is 376 g/mol. The number of aromatic hydroxyl groups is 1. The van der Waals surface area contributed by atoms with E-state index in [9.17, 15) is 18.3 Å². The molecule has 1 aromatic rings. The lowest BCUT2D eigenvalue weighted by Crippen LogP contribution is -2.61. The predicted octanol–water partition coefficient (Wildman–Crippen LogP) is 1.62. The van der Waals surface area contributed by atoms with Crippen LogP contribution in [-0.2, 0) is 26.5 Å². The first-order chi connectivity index (χ1) is 13.2. The van der Waals surface area contributed by atoms with Crippen molar-refractivity contribution in [2.75, 3.05) is 19.8 Å². The van der Waals surface area contributed by atoms with Gasteiger partial charge in [0.2, 0.25) is 0 Å². The number of allylic oxidation sites excluding steroid dienone is 1. The average molecular weight is 401 g/mol. The second kappa shape index (κ2) is 5.76. The summed E-state index contributed by atoms with van der Waals surface area (Å²) in [6.45, 7) is 0.961. The Hall–Kier alpha value is -1.99. The molecule has 6 nitrogen and oxygen atoms in total. The van der Waals surface area contributed by atoms with Gasteiger partial charge in [-0.15, -0.1) is 0 Å². The zero-order valence-corrected chi connectivity index (χ0v) is 16.9. The summed E-state index contributed by atoms with van der Waals surface area (Å²) in [6, 6.07) is 6.02. The zero-order valence-electron chi connectivity index (χ0n) is 16.1. The molecule has 1 unspecified atom stereocenters. The van der Waals surface area contributed by atoms with Gasteiger partial charge in [0.15, 0.2) is 15.1 Å². The lowest BCUT2D eigenvalue weighted by Gasteiger charge is -2.59. The van der Waals surface area contributed by atoms with Gasteiger partial charge >= 0.3 is 0 Å². The van der Waals surface area contributed by atoms with Crippen molar-refractivity contribution in [1.29, 1.82) is 0 Å². The molecule has 5 rings (SSSR count). The number of hydrogen-bond acceptors (Lipinski definition) is 5. The predicted molar refractivity (Wildman–Crippen MR) is 106 cm³/mol. The second-order valence-corrected chi connectivity index (χ2v) is 11.0. The molecule has 2 aliphatic carbocycles. The van der Waals surface area contributed by atoms with E-state index in [0.29, 0.717) is 18.4 Å². The molecule has 7 heteroatoms. The summed E-state index contributed by atoms with van der Waals surface area (Å²) < 4.78 is 24.1. The summed E-state index contributed by atoms with van der Waals surface area (Å²) in [4.78, 5) is 19.1. The molecule has 2 fully saturated rings. The van der Waals surface area contributed by atoms with Gasteiger partial charge in [0.1, 0.15) is 5.75 Å². The zero-order chi connectivity index (χ0) is 19.8. The lowest BCUT2D eigenvalue weighted by molar-refractivity contribution is -0.116. The maximum Gasteiger partial charge on any atom is 0.268 e. The number of piperidine rings is 1. The van der Waals surface area contributed by atoms with Crippen LogP contribution in [0.1, 0.15) is 30.4 Å². The third-order valence-electron chi connectivity index (χ3n) is 7.31. The Morgan fingerprint density at radius 3 is 2.82 bits per heavy atom. The molecule has 0 spiro atoms. The molecule has 28 heavy (non-hydrogen) atoms. The van der Waals surface area contributed by atoms with Gasteiger partial charge in [-0.25, -0.2) is 13.4 Å². The minimum atomic E-state index is -3.52. The molecule has 1 saturated carbocycles. The van der Waals surface area contributed by atoms with Gasteiger partial charge in [-0.2, -0.15) is 0 Å². The smallest absolute Gasteiger partial charge is 0.268 e. The molecule has 2 bridgehead atoms. The normalized spacial score (nSPS) is 34.6. The van der Waals surface area contributed by atoms with E-state index in [0.717, 1.165) is 43.3 Å². The van der Waals surface area contributed by atoms with Crippen molar-refractivity contribution in [3.8, 4) is 5.75 Å². The van der Waals surface area contributed by atoms with E-state index in [2.05, 4.69) is 16.9 Å². The van der Waals surface area contributed by atoms with E-state index in [4.69, 9.17) is 0 Å². The van der Waals surface area contributed by atoms with Crippen LogP contribution >= 0.6 is 0 Å². The summed E-state index contributed by atoms with van der Waals surface area (Å²) in [6.07, 6.45) is 5.96. The summed E-state index contributed by atoms with van der Waals surface area (Å²) in [5.41, 5.74) is 3.94. The maximum atomic E-state index is 12.4. The molecule has 2 heterocycles. The number of rotatable bonds is 1. The number of fused-ring (bicyclic) bond motifs is 2. The third-order valence-corrected chi connectivity index (χ3v) is 8.57. The van der Waals surface area contributed by atoms with Crippen molar-refractivity contribution in [1.82, 2.24) is 4.90 Å². The van der Waals surface area contributed by atoms with Crippen molar-refractivity contribution in [3.05, 3.63) is 41.0 Å². The number of carbonyl (C=O) groups excluding carboxylic acids is 1. The van der Waals surface area contributed by atoms with E-state index < -0.39 is 21.0 Å². The van der Waals surface area contributed by atoms with Gasteiger partial charge in [0.25, 0.3) is 5.91 Å². The number of nitrogens with zero attached hydrogens (tertiary/aromatic N) is 2. The van der Waals surface area contributed by atoms with Crippen molar-refractivity contribution in [2.24, 2.45) is 10.9 Å². The Morgan fingerprint density at radius 2 is 2.07 bits per heavy atom. The lowest BCUT2D eigenvalue weighted by atomic mass is 9.51. The standard InChI is InChI=1S/C21H24N2O4S/c1-23-6-5-21-11-17-13(9-19(20(25)22-17)28(2,26)27)7-16(21)18(23)8-12-3-4-14(24)10-15(12)21/h3-4,9-10,16,18-19,24H,5-8,11H2,1-2H3/t16-,18+,19?,21+/m0/s1. The van der Waals surface area contributed by atoms with Crippen LogP contribution in [0.25, 0.3) is 0 Å². The van der Waals surface area contributed by atoms with Gasteiger partial charge in [-0.3, -0.25) is 4.79 Å². The highest BCUT2D eigenvalue weighted by atomic mass is 32.2. The fraction of sp³-hybridized carbons (Fsp3) is 0.524. The number of carbonyl (C=O) groups is 1. The van der Waals surface area contributed by atoms with Crippen LogP contribution in [0.5, 0.6) is 5.75 Å². The fourth-order valence-electron chi connectivity index (χ4n) is 5.91. The van der Waals surface area contributed by atoms with Crippen LogP contribution in [-0.4, -0.2) is 61.2 Å². The minimum absolute atomic E-state index is 0.155. The summed E-state index contributed by atoms with van der Waals surface area (Å²) >= 11 is 0. The van der Waals surface area contributed by atoms with Crippen molar-refractivity contribution in [2.45, 2.75) is 42.4 Å². The van der Waals surface area contributed by atoms with Crippen molar-refractivity contribution in [3.63, 3.8) is 0 Å². The van der Waals surface area contributed by atoms with E-state index >= 15 is 0 Å². The molecule has 0 aromatic heterocycles.